The Labute approximate surface area is 113 Å². The molecule has 0 heterocycles. The first-order chi connectivity index (χ1) is 8.85. The van der Waals surface area contributed by atoms with Crippen LogP contribution in [0.25, 0.3) is 0 Å². The summed E-state index contributed by atoms with van der Waals surface area (Å²) in [6, 6.07) is 4.69. The molecule has 106 valence electrons. The van der Waals surface area contributed by atoms with Gasteiger partial charge in [-0.3, -0.25) is 0 Å². The largest absolute Gasteiger partial charge is 0.494 e. The predicted octanol–water partition coefficient (Wildman–Crippen LogP) is 1.90. The first-order valence-electron chi connectivity index (χ1n) is 6.03. The molecule has 0 bridgehead atoms. The molecule has 0 amide bonds. The molecule has 1 aromatic rings. The number of ether oxygens (including phenoxy) is 1. The number of carbonyl (C=O) groups is 1. The Morgan fingerprint density at radius 2 is 2.05 bits per heavy atom. The van der Waals surface area contributed by atoms with Crippen molar-refractivity contribution < 1.29 is 23.1 Å². The topological polar surface area (TPSA) is 80.7 Å². The number of benzene rings is 1. The van der Waals surface area contributed by atoms with Crippen LogP contribution in [0.2, 0.25) is 0 Å². The van der Waals surface area contributed by atoms with Crippen molar-refractivity contribution in [1.82, 2.24) is 0 Å². The van der Waals surface area contributed by atoms with Crippen LogP contribution in [0.5, 0.6) is 5.75 Å². The van der Waals surface area contributed by atoms with Gasteiger partial charge in [-0.05, 0) is 37.1 Å². The third kappa shape index (κ3) is 4.90. The molecule has 1 aromatic carbocycles. The van der Waals surface area contributed by atoms with Crippen LogP contribution in [0.1, 0.15) is 29.3 Å². The summed E-state index contributed by atoms with van der Waals surface area (Å²) in [5, 5.41) is 8.88. The molecule has 1 rings (SSSR count). The van der Waals surface area contributed by atoms with E-state index in [1.807, 2.05) is 0 Å². The van der Waals surface area contributed by atoms with Crippen molar-refractivity contribution in [2.75, 3.05) is 18.1 Å². The van der Waals surface area contributed by atoms with Gasteiger partial charge in [0, 0.05) is 5.75 Å². The third-order valence-corrected chi connectivity index (χ3v) is 4.53. The number of hydrogen-bond donors (Lipinski definition) is 1. The molecule has 19 heavy (non-hydrogen) atoms. The molecule has 0 saturated heterocycles. The van der Waals surface area contributed by atoms with Crippen LogP contribution in [0, 0.1) is 6.92 Å². The van der Waals surface area contributed by atoms with Crippen LogP contribution in [0.4, 0.5) is 0 Å². The van der Waals surface area contributed by atoms with E-state index in [4.69, 9.17) is 9.84 Å². The second kappa shape index (κ2) is 6.56. The van der Waals surface area contributed by atoms with Gasteiger partial charge in [0.05, 0.1) is 17.9 Å². The number of carboxylic acid groups (broad SMARTS) is 1. The summed E-state index contributed by atoms with van der Waals surface area (Å²) in [5.74, 6) is -0.177. The summed E-state index contributed by atoms with van der Waals surface area (Å²) in [5.41, 5.74) is 0.854. The van der Waals surface area contributed by atoms with E-state index < -0.39 is 15.8 Å². The Morgan fingerprint density at radius 1 is 1.37 bits per heavy atom. The smallest absolute Gasteiger partial charge is 0.335 e. The van der Waals surface area contributed by atoms with Crippen LogP contribution in [-0.2, 0) is 9.84 Å². The average molecular weight is 286 g/mol. The maximum absolute atomic E-state index is 11.3. The van der Waals surface area contributed by atoms with E-state index in [1.54, 1.807) is 26.0 Å². The zero-order chi connectivity index (χ0) is 14.5. The van der Waals surface area contributed by atoms with E-state index in [0.29, 0.717) is 24.3 Å². The molecule has 1 N–H and O–H groups in total. The van der Waals surface area contributed by atoms with Gasteiger partial charge in [-0.25, -0.2) is 13.2 Å². The minimum Gasteiger partial charge on any atom is -0.494 e. The van der Waals surface area contributed by atoms with Gasteiger partial charge in [0.25, 0.3) is 0 Å². The maximum atomic E-state index is 11.3. The SMILES string of the molecule is CCS(=O)(=O)CCCOc1ccc(C(=O)O)c(C)c1. The Kier molecular flexibility index (Phi) is 5.35. The number of rotatable bonds is 7. The molecule has 0 aliphatic carbocycles. The van der Waals surface area contributed by atoms with Crippen LogP contribution in [0.3, 0.4) is 0 Å². The van der Waals surface area contributed by atoms with Gasteiger partial charge in [0.1, 0.15) is 15.6 Å². The number of sulfone groups is 1. The minimum atomic E-state index is -2.96. The van der Waals surface area contributed by atoms with E-state index in [-0.39, 0.29) is 17.1 Å². The lowest BCUT2D eigenvalue weighted by atomic mass is 10.1. The van der Waals surface area contributed by atoms with Crippen molar-refractivity contribution in [3.63, 3.8) is 0 Å². The van der Waals surface area contributed by atoms with Gasteiger partial charge in [0.2, 0.25) is 0 Å². The molecule has 0 unspecified atom stereocenters. The van der Waals surface area contributed by atoms with E-state index >= 15 is 0 Å². The number of aromatic carboxylic acids is 1. The predicted molar refractivity (Wildman–Crippen MR) is 72.6 cm³/mol. The molecule has 0 radical (unpaired) electrons. The Hall–Kier alpha value is -1.56. The third-order valence-electron chi connectivity index (χ3n) is 2.74. The quantitative estimate of drug-likeness (QED) is 0.774. The van der Waals surface area contributed by atoms with Gasteiger partial charge in [-0.2, -0.15) is 0 Å². The molecular weight excluding hydrogens is 268 g/mol. The van der Waals surface area contributed by atoms with Crippen LogP contribution >= 0.6 is 0 Å². The zero-order valence-electron chi connectivity index (χ0n) is 11.0. The Balaban J connectivity index is 2.51. The Bertz CT molecular complexity index is 548. The van der Waals surface area contributed by atoms with Crippen molar-refractivity contribution in [3.05, 3.63) is 29.3 Å². The summed E-state index contributed by atoms with van der Waals surface area (Å²) in [4.78, 5) is 10.8. The highest BCUT2D eigenvalue weighted by Gasteiger charge is 2.09. The maximum Gasteiger partial charge on any atom is 0.335 e. The van der Waals surface area contributed by atoms with Gasteiger partial charge in [0.15, 0.2) is 0 Å². The molecule has 0 spiro atoms. The lowest BCUT2D eigenvalue weighted by Gasteiger charge is -2.08. The van der Waals surface area contributed by atoms with Gasteiger partial charge < -0.3 is 9.84 Å². The normalized spacial score (nSPS) is 11.3. The van der Waals surface area contributed by atoms with Crippen molar-refractivity contribution >= 4 is 15.8 Å². The summed E-state index contributed by atoms with van der Waals surface area (Å²) >= 11 is 0. The molecule has 0 atom stereocenters. The first-order valence-corrected chi connectivity index (χ1v) is 7.85. The molecule has 0 aliphatic heterocycles. The van der Waals surface area contributed by atoms with Crippen molar-refractivity contribution in [1.29, 1.82) is 0 Å². The van der Waals surface area contributed by atoms with Gasteiger partial charge in [-0.1, -0.05) is 6.92 Å². The summed E-state index contributed by atoms with van der Waals surface area (Å²) in [6.07, 6.45) is 0.426. The van der Waals surface area contributed by atoms with E-state index in [1.165, 1.54) is 6.07 Å². The summed E-state index contributed by atoms with van der Waals surface area (Å²) in [6.45, 7) is 3.60. The molecular formula is C13H18O5S. The van der Waals surface area contributed by atoms with Crippen LogP contribution in [0.15, 0.2) is 18.2 Å². The van der Waals surface area contributed by atoms with E-state index in [2.05, 4.69) is 0 Å². The molecule has 6 heteroatoms. The average Bonchev–Trinajstić information content (AvgIpc) is 2.34. The fourth-order valence-corrected chi connectivity index (χ4v) is 2.43. The highest BCUT2D eigenvalue weighted by molar-refractivity contribution is 7.91. The van der Waals surface area contributed by atoms with Crippen LogP contribution < -0.4 is 4.74 Å². The highest BCUT2D eigenvalue weighted by Crippen LogP contribution is 2.17. The molecule has 0 fully saturated rings. The second-order valence-corrected chi connectivity index (χ2v) is 6.69. The number of carboxylic acids is 1. The molecule has 0 aromatic heterocycles. The minimum absolute atomic E-state index is 0.107. The molecule has 5 nitrogen and oxygen atoms in total. The van der Waals surface area contributed by atoms with Crippen molar-refractivity contribution in [2.24, 2.45) is 0 Å². The highest BCUT2D eigenvalue weighted by atomic mass is 32.2. The lowest BCUT2D eigenvalue weighted by Crippen LogP contribution is -2.12. The summed E-state index contributed by atoms with van der Waals surface area (Å²) in [7, 11) is -2.96. The fraction of sp³-hybridized carbons (Fsp3) is 0.462. The van der Waals surface area contributed by atoms with Crippen molar-refractivity contribution in [2.45, 2.75) is 20.3 Å². The number of aryl methyl sites for hydroxylation is 1. The standard InChI is InChI=1S/C13H18O5S/c1-3-19(16,17)8-4-7-18-11-5-6-12(13(14)15)10(2)9-11/h5-6,9H,3-4,7-8H2,1-2H3,(H,14,15). The zero-order valence-corrected chi connectivity index (χ0v) is 11.9. The monoisotopic (exact) mass is 286 g/mol. The second-order valence-electron chi connectivity index (χ2n) is 4.22. The first kappa shape index (κ1) is 15.5. The van der Waals surface area contributed by atoms with Crippen LogP contribution in [-0.4, -0.2) is 37.6 Å². The van der Waals surface area contributed by atoms with Gasteiger partial charge in [-0.15, -0.1) is 0 Å². The lowest BCUT2D eigenvalue weighted by molar-refractivity contribution is 0.0696. The van der Waals surface area contributed by atoms with E-state index in [9.17, 15) is 13.2 Å². The fourth-order valence-electron chi connectivity index (χ4n) is 1.58. The summed E-state index contributed by atoms with van der Waals surface area (Å²) < 4.78 is 27.9. The van der Waals surface area contributed by atoms with Crippen molar-refractivity contribution in [3.8, 4) is 5.75 Å². The molecule has 0 saturated carbocycles. The molecule has 0 aliphatic rings. The van der Waals surface area contributed by atoms with E-state index in [0.717, 1.165) is 0 Å². The van der Waals surface area contributed by atoms with Gasteiger partial charge >= 0.3 is 5.97 Å². The number of hydrogen-bond acceptors (Lipinski definition) is 4. The Morgan fingerprint density at radius 3 is 2.58 bits per heavy atom.